The zero-order chi connectivity index (χ0) is 9.42. The van der Waals surface area contributed by atoms with Gasteiger partial charge >= 0.3 is 5.97 Å². The first kappa shape index (κ1) is 7.72. The van der Waals surface area contributed by atoms with Crippen molar-refractivity contribution in [3.63, 3.8) is 0 Å². The molecule has 0 saturated heterocycles. The largest absolute Gasteiger partial charge is 0.476 e. The Kier molecular flexibility index (Phi) is 1.51. The van der Waals surface area contributed by atoms with Crippen molar-refractivity contribution in [1.82, 2.24) is 15.0 Å². The van der Waals surface area contributed by atoms with E-state index >= 15 is 0 Å². The average molecular weight is 177 g/mol. The van der Waals surface area contributed by atoms with E-state index in [9.17, 15) is 4.79 Å². The van der Waals surface area contributed by atoms with Crippen LogP contribution in [0.3, 0.4) is 0 Å². The van der Waals surface area contributed by atoms with Crippen LogP contribution >= 0.6 is 0 Å². The molecule has 0 spiro atoms. The Morgan fingerprint density at radius 3 is 3.08 bits per heavy atom. The average Bonchev–Trinajstić information content (AvgIpc) is 2.47. The number of aromatic amines is 1. The van der Waals surface area contributed by atoms with Gasteiger partial charge in [0, 0.05) is 6.20 Å². The van der Waals surface area contributed by atoms with Crippen LogP contribution in [0, 0.1) is 6.92 Å². The van der Waals surface area contributed by atoms with E-state index in [0.717, 1.165) is 5.56 Å². The van der Waals surface area contributed by atoms with Crippen molar-refractivity contribution in [3.05, 3.63) is 23.7 Å². The standard InChI is InChI=1S/C8H7N3O2/c1-4-2-9-7-6(4)11-5(3-10-7)8(12)13/h2-3H,1H3,(H,9,10)(H,12,13). The minimum absolute atomic E-state index is 0.0322. The van der Waals surface area contributed by atoms with Crippen LogP contribution in [0.2, 0.25) is 0 Å². The second kappa shape index (κ2) is 2.55. The topological polar surface area (TPSA) is 78.9 Å². The third-order valence-corrected chi connectivity index (χ3v) is 1.79. The Morgan fingerprint density at radius 2 is 2.38 bits per heavy atom. The fraction of sp³-hybridized carbons (Fsp3) is 0.125. The number of nitrogens with one attached hydrogen (secondary N) is 1. The SMILES string of the molecule is Cc1c[nH]c2ncc(C(=O)O)nc12. The van der Waals surface area contributed by atoms with E-state index in [1.807, 2.05) is 6.92 Å². The number of nitrogens with zero attached hydrogens (tertiary/aromatic N) is 2. The number of H-pyrrole nitrogens is 1. The molecule has 0 aliphatic carbocycles. The van der Waals surface area contributed by atoms with Gasteiger partial charge in [-0.25, -0.2) is 14.8 Å². The lowest BCUT2D eigenvalue weighted by atomic mass is 10.3. The highest BCUT2D eigenvalue weighted by Gasteiger charge is 2.08. The van der Waals surface area contributed by atoms with Crippen molar-refractivity contribution in [2.24, 2.45) is 0 Å². The van der Waals surface area contributed by atoms with Gasteiger partial charge in [-0.2, -0.15) is 0 Å². The van der Waals surface area contributed by atoms with Gasteiger partial charge in [-0.15, -0.1) is 0 Å². The first-order valence-corrected chi connectivity index (χ1v) is 3.72. The fourth-order valence-electron chi connectivity index (χ4n) is 1.12. The highest BCUT2D eigenvalue weighted by atomic mass is 16.4. The summed E-state index contributed by atoms with van der Waals surface area (Å²) in [5, 5.41) is 8.66. The van der Waals surface area contributed by atoms with Gasteiger partial charge < -0.3 is 10.1 Å². The summed E-state index contributed by atoms with van der Waals surface area (Å²) in [4.78, 5) is 21.3. The summed E-state index contributed by atoms with van der Waals surface area (Å²) in [6.07, 6.45) is 2.98. The Bertz CT molecular complexity index is 475. The first-order chi connectivity index (χ1) is 6.18. The van der Waals surface area contributed by atoms with Gasteiger partial charge in [-0.05, 0) is 12.5 Å². The van der Waals surface area contributed by atoms with E-state index in [4.69, 9.17) is 5.11 Å². The van der Waals surface area contributed by atoms with Gasteiger partial charge in [0.15, 0.2) is 11.3 Å². The van der Waals surface area contributed by atoms with Gasteiger partial charge in [-0.3, -0.25) is 0 Å². The third kappa shape index (κ3) is 1.14. The zero-order valence-corrected chi connectivity index (χ0v) is 6.90. The van der Waals surface area contributed by atoms with E-state index in [-0.39, 0.29) is 5.69 Å². The van der Waals surface area contributed by atoms with Crippen molar-refractivity contribution in [3.8, 4) is 0 Å². The molecule has 2 heterocycles. The summed E-state index contributed by atoms with van der Waals surface area (Å²) < 4.78 is 0. The second-order valence-corrected chi connectivity index (χ2v) is 2.73. The molecular formula is C8H7N3O2. The number of rotatable bonds is 1. The molecule has 0 unspecified atom stereocenters. The molecular weight excluding hydrogens is 170 g/mol. The molecule has 13 heavy (non-hydrogen) atoms. The molecule has 5 nitrogen and oxygen atoms in total. The molecule has 66 valence electrons. The predicted octanol–water partition coefficient (Wildman–Crippen LogP) is 0.965. The highest BCUT2D eigenvalue weighted by molar-refractivity contribution is 5.87. The third-order valence-electron chi connectivity index (χ3n) is 1.79. The maximum Gasteiger partial charge on any atom is 0.356 e. The molecule has 5 heteroatoms. The highest BCUT2D eigenvalue weighted by Crippen LogP contribution is 2.12. The smallest absolute Gasteiger partial charge is 0.356 e. The van der Waals surface area contributed by atoms with Crippen LogP contribution in [-0.2, 0) is 0 Å². The van der Waals surface area contributed by atoms with Crippen molar-refractivity contribution >= 4 is 17.1 Å². The molecule has 0 atom stereocenters. The minimum Gasteiger partial charge on any atom is -0.476 e. The van der Waals surface area contributed by atoms with E-state index < -0.39 is 5.97 Å². The summed E-state index contributed by atoms with van der Waals surface area (Å²) in [5.41, 5.74) is 2.09. The quantitative estimate of drug-likeness (QED) is 0.680. The Morgan fingerprint density at radius 1 is 1.62 bits per heavy atom. The number of aromatic nitrogens is 3. The summed E-state index contributed by atoms with van der Waals surface area (Å²) >= 11 is 0. The Balaban J connectivity index is 2.72. The fourth-order valence-corrected chi connectivity index (χ4v) is 1.12. The second-order valence-electron chi connectivity index (χ2n) is 2.73. The van der Waals surface area contributed by atoms with E-state index in [1.165, 1.54) is 6.20 Å². The lowest BCUT2D eigenvalue weighted by molar-refractivity contribution is 0.0690. The molecule has 0 amide bonds. The number of carbonyl (C=O) groups is 1. The van der Waals surface area contributed by atoms with Crippen LogP contribution in [0.1, 0.15) is 16.1 Å². The molecule has 0 fully saturated rings. The lowest BCUT2D eigenvalue weighted by Gasteiger charge is -1.93. The molecule has 2 N–H and O–H groups in total. The van der Waals surface area contributed by atoms with Gasteiger partial charge in [0.1, 0.15) is 5.52 Å². The van der Waals surface area contributed by atoms with E-state index in [0.29, 0.717) is 11.2 Å². The monoisotopic (exact) mass is 177 g/mol. The zero-order valence-electron chi connectivity index (χ0n) is 6.90. The number of aryl methyl sites for hydroxylation is 1. The van der Waals surface area contributed by atoms with Crippen LogP contribution in [0.5, 0.6) is 0 Å². The number of hydrogen-bond acceptors (Lipinski definition) is 3. The predicted molar refractivity (Wildman–Crippen MR) is 45.6 cm³/mol. The lowest BCUT2D eigenvalue weighted by Crippen LogP contribution is -2.00. The maximum atomic E-state index is 10.6. The molecule has 0 bridgehead atoms. The molecule has 0 radical (unpaired) electrons. The van der Waals surface area contributed by atoms with Crippen LogP contribution in [0.25, 0.3) is 11.2 Å². The van der Waals surface area contributed by atoms with Crippen LogP contribution < -0.4 is 0 Å². The summed E-state index contributed by atoms with van der Waals surface area (Å²) in [7, 11) is 0. The van der Waals surface area contributed by atoms with Crippen molar-refractivity contribution in [2.75, 3.05) is 0 Å². The van der Waals surface area contributed by atoms with Crippen molar-refractivity contribution in [2.45, 2.75) is 6.92 Å². The molecule has 2 aromatic rings. The summed E-state index contributed by atoms with van der Waals surface area (Å²) in [5.74, 6) is -1.06. The Hall–Kier alpha value is -1.91. The number of carboxylic acids is 1. The van der Waals surface area contributed by atoms with Crippen molar-refractivity contribution < 1.29 is 9.90 Å². The maximum absolute atomic E-state index is 10.6. The summed E-state index contributed by atoms with van der Waals surface area (Å²) in [6, 6.07) is 0. The minimum atomic E-state index is -1.06. The number of carboxylic acid groups (broad SMARTS) is 1. The molecule has 0 aliphatic rings. The Labute approximate surface area is 73.4 Å². The molecule has 0 aliphatic heterocycles. The molecule has 0 saturated carbocycles. The molecule has 2 aromatic heterocycles. The number of fused-ring (bicyclic) bond motifs is 1. The first-order valence-electron chi connectivity index (χ1n) is 3.72. The number of aromatic carboxylic acids is 1. The van der Waals surface area contributed by atoms with Crippen LogP contribution in [0.15, 0.2) is 12.4 Å². The van der Waals surface area contributed by atoms with E-state index in [1.54, 1.807) is 6.20 Å². The van der Waals surface area contributed by atoms with Crippen LogP contribution in [-0.4, -0.2) is 26.0 Å². The van der Waals surface area contributed by atoms with Gasteiger partial charge in [0.2, 0.25) is 0 Å². The molecule has 2 rings (SSSR count). The summed E-state index contributed by atoms with van der Waals surface area (Å²) in [6.45, 7) is 1.85. The van der Waals surface area contributed by atoms with Gasteiger partial charge in [0.25, 0.3) is 0 Å². The van der Waals surface area contributed by atoms with Crippen molar-refractivity contribution in [1.29, 1.82) is 0 Å². The number of hydrogen-bond donors (Lipinski definition) is 2. The van der Waals surface area contributed by atoms with Crippen LogP contribution in [0.4, 0.5) is 0 Å². The van der Waals surface area contributed by atoms with E-state index in [2.05, 4.69) is 15.0 Å². The van der Waals surface area contributed by atoms with Gasteiger partial charge in [-0.1, -0.05) is 0 Å². The molecule has 0 aromatic carbocycles. The normalized spacial score (nSPS) is 10.5. The van der Waals surface area contributed by atoms with Gasteiger partial charge in [0.05, 0.1) is 6.20 Å².